The van der Waals surface area contributed by atoms with Gasteiger partial charge in [0.05, 0.1) is 6.04 Å². The van der Waals surface area contributed by atoms with E-state index in [1.807, 2.05) is 72.4 Å². The summed E-state index contributed by atoms with van der Waals surface area (Å²) in [5, 5.41) is 11.5. The molecule has 4 rings (SSSR count). The Kier molecular flexibility index (Phi) is 5.48. The monoisotopic (exact) mass is 396 g/mol. The van der Waals surface area contributed by atoms with Crippen molar-refractivity contribution in [1.82, 2.24) is 9.80 Å². The Morgan fingerprint density at radius 3 is 2.69 bits per heavy atom. The summed E-state index contributed by atoms with van der Waals surface area (Å²) in [4.78, 5) is 16.8. The molecule has 0 radical (unpaired) electrons. The number of nitrogens with zero attached hydrogens (tertiary/aromatic N) is 2. The van der Waals surface area contributed by atoms with Crippen molar-refractivity contribution in [2.45, 2.75) is 30.9 Å². The highest BCUT2D eigenvalue weighted by Gasteiger charge is 2.44. The topological polar surface area (TPSA) is 62.2 Å². The maximum absolute atomic E-state index is 12.9. The van der Waals surface area contributed by atoms with Crippen molar-refractivity contribution in [1.29, 1.82) is 0 Å². The van der Waals surface area contributed by atoms with E-state index in [4.69, 9.17) is 9.47 Å². The van der Waals surface area contributed by atoms with Crippen molar-refractivity contribution in [3.63, 3.8) is 0 Å². The van der Waals surface area contributed by atoms with Crippen LogP contribution in [0, 0.1) is 0 Å². The fourth-order valence-electron chi connectivity index (χ4n) is 4.31. The number of hydrogen-bond donors (Lipinski definition) is 1. The number of rotatable bonds is 5. The Morgan fingerprint density at radius 1 is 1.17 bits per heavy atom. The third-order valence-corrected chi connectivity index (χ3v) is 6.02. The fraction of sp³-hybridized carbons (Fsp3) is 0.435. The summed E-state index contributed by atoms with van der Waals surface area (Å²) in [6.45, 7) is 1.32. The zero-order chi connectivity index (χ0) is 20.4. The van der Waals surface area contributed by atoms with Crippen molar-refractivity contribution < 1.29 is 19.4 Å². The van der Waals surface area contributed by atoms with Crippen LogP contribution >= 0.6 is 0 Å². The van der Waals surface area contributed by atoms with E-state index in [-0.39, 0.29) is 18.7 Å². The predicted octanol–water partition coefficient (Wildman–Crippen LogP) is 2.40. The molecule has 0 aliphatic carbocycles. The van der Waals surface area contributed by atoms with Crippen LogP contribution in [0.2, 0.25) is 0 Å². The van der Waals surface area contributed by atoms with Gasteiger partial charge in [-0.3, -0.25) is 4.79 Å². The molecule has 0 aromatic heterocycles. The van der Waals surface area contributed by atoms with Crippen LogP contribution in [0.5, 0.6) is 11.5 Å². The molecule has 2 heterocycles. The van der Waals surface area contributed by atoms with E-state index in [0.717, 1.165) is 22.6 Å². The van der Waals surface area contributed by atoms with Crippen LogP contribution < -0.4 is 9.47 Å². The predicted molar refractivity (Wildman–Crippen MR) is 110 cm³/mol. The first kappa shape index (κ1) is 19.7. The standard InChI is InChI=1S/C23H28N2O4/c1-24(2)21-15-25(13-12-23(21,27)18-6-4-3-5-7-18)22(26)11-9-17-8-10-19-20(14-17)29-16-28-19/h3-8,10,14,21,27H,9,11-13,15-16H2,1-2H3/t21-,23+/m1/s1. The molecule has 154 valence electrons. The number of aryl methyl sites for hydroxylation is 1. The molecule has 2 aliphatic heterocycles. The van der Waals surface area contributed by atoms with Crippen LogP contribution in [0.1, 0.15) is 24.0 Å². The Hall–Kier alpha value is -2.57. The number of carbonyl (C=O) groups excluding carboxylic acids is 1. The lowest BCUT2D eigenvalue weighted by atomic mass is 9.79. The molecule has 2 aromatic rings. The van der Waals surface area contributed by atoms with E-state index in [9.17, 15) is 9.90 Å². The quantitative estimate of drug-likeness (QED) is 0.841. The molecule has 0 bridgehead atoms. The number of benzene rings is 2. The summed E-state index contributed by atoms with van der Waals surface area (Å²) in [7, 11) is 3.92. The van der Waals surface area contributed by atoms with Gasteiger partial charge in [0.15, 0.2) is 11.5 Å². The number of likely N-dealkylation sites (tertiary alicyclic amines) is 1. The first-order chi connectivity index (χ1) is 14.0. The number of hydrogen-bond acceptors (Lipinski definition) is 5. The number of fused-ring (bicyclic) bond motifs is 1. The van der Waals surface area contributed by atoms with Gasteiger partial charge in [-0.05, 0) is 50.2 Å². The third-order valence-electron chi connectivity index (χ3n) is 6.02. The van der Waals surface area contributed by atoms with Crippen LogP contribution in [-0.4, -0.2) is 60.8 Å². The minimum absolute atomic E-state index is 0.115. The highest BCUT2D eigenvalue weighted by Crippen LogP contribution is 2.36. The molecule has 0 saturated carbocycles. The second-order valence-corrected chi connectivity index (χ2v) is 8.05. The van der Waals surface area contributed by atoms with Gasteiger partial charge >= 0.3 is 0 Å². The molecule has 1 saturated heterocycles. The Morgan fingerprint density at radius 2 is 1.93 bits per heavy atom. The molecule has 2 aromatic carbocycles. The second-order valence-electron chi connectivity index (χ2n) is 8.05. The molecular weight excluding hydrogens is 368 g/mol. The van der Waals surface area contributed by atoms with Crippen LogP contribution in [-0.2, 0) is 16.8 Å². The summed E-state index contributed by atoms with van der Waals surface area (Å²) in [5.74, 6) is 1.61. The summed E-state index contributed by atoms with van der Waals surface area (Å²) >= 11 is 0. The summed E-state index contributed by atoms with van der Waals surface area (Å²) in [6.07, 6.45) is 1.61. The zero-order valence-corrected chi connectivity index (χ0v) is 17.0. The average Bonchev–Trinajstić information content (AvgIpc) is 3.20. The molecule has 2 aliphatic rings. The van der Waals surface area contributed by atoms with Gasteiger partial charge in [-0.25, -0.2) is 0 Å². The first-order valence-corrected chi connectivity index (χ1v) is 10.1. The third kappa shape index (κ3) is 3.95. The lowest BCUT2D eigenvalue weighted by Gasteiger charge is -2.47. The van der Waals surface area contributed by atoms with Gasteiger partial charge in [-0.15, -0.1) is 0 Å². The second kappa shape index (κ2) is 8.05. The molecule has 1 N–H and O–H groups in total. The average molecular weight is 396 g/mol. The number of carbonyl (C=O) groups is 1. The fourth-order valence-corrected chi connectivity index (χ4v) is 4.31. The van der Waals surface area contributed by atoms with Crippen LogP contribution in [0.3, 0.4) is 0 Å². The molecule has 0 spiro atoms. The normalized spacial score (nSPS) is 23.4. The smallest absolute Gasteiger partial charge is 0.231 e. The van der Waals surface area contributed by atoms with Crippen molar-refractivity contribution in [3.8, 4) is 11.5 Å². The molecule has 29 heavy (non-hydrogen) atoms. The lowest BCUT2D eigenvalue weighted by molar-refractivity contribution is -0.141. The number of amides is 1. The van der Waals surface area contributed by atoms with Crippen LogP contribution in [0.15, 0.2) is 48.5 Å². The molecule has 1 amide bonds. The van der Waals surface area contributed by atoms with Gasteiger partial charge in [0.25, 0.3) is 0 Å². The number of ether oxygens (including phenoxy) is 2. The Bertz CT molecular complexity index is 870. The molecule has 1 fully saturated rings. The highest BCUT2D eigenvalue weighted by molar-refractivity contribution is 5.76. The first-order valence-electron chi connectivity index (χ1n) is 10.1. The molecular formula is C23H28N2O4. The van der Waals surface area contributed by atoms with Crippen molar-refractivity contribution in [2.24, 2.45) is 0 Å². The SMILES string of the molecule is CN(C)[C@@H]1CN(C(=O)CCc2ccc3c(c2)OCO3)CC[C@]1(O)c1ccccc1. The van der Waals surface area contributed by atoms with E-state index in [2.05, 4.69) is 0 Å². The minimum Gasteiger partial charge on any atom is -0.454 e. The maximum atomic E-state index is 12.9. The zero-order valence-electron chi connectivity index (χ0n) is 17.0. The van der Waals surface area contributed by atoms with Gasteiger partial charge in [0, 0.05) is 19.5 Å². The largest absolute Gasteiger partial charge is 0.454 e. The highest BCUT2D eigenvalue weighted by atomic mass is 16.7. The minimum atomic E-state index is -0.959. The van der Waals surface area contributed by atoms with Crippen molar-refractivity contribution in [3.05, 3.63) is 59.7 Å². The van der Waals surface area contributed by atoms with E-state index in [0.29, 0.717) is 32.4 Å². The van der Waals surface area contributed by atoms with E-state index in [1.54, 1.807) is 0 Å². The molecule has 6 heteroatoms. The van der Waals surface area contributed by atoms with Crippen LogP contribution in [0.25, 0.3) is 0 Å². The number of piperidine rings is 1. The maximum Gasteiger partial charge on any atom is 0.231 e. The lowest BCUT2D eigenvalue weighted by Crippen LogP contribution is -2.60. The Labute approximate surface area is 171 Å². The molecule has 6 nitrogen and oxygen atoms in total. The molecule has 0 unspecified atom stereocenters. The van der Waals surface area contributed by atoms with Crippen molar-refractivity contribution in [2.75, 3.05) is 34.0 Å². The molecule has 2 atom stereocenters. The van der Waals surface area contributed by atoms with E-state index < -0.39 is 5.60 Å². The summed E-state index contributed by atoms with van der Waals surface area (Å²) < 4.78 is 10.8. The van der Waals surface area contributed by atoms with Gasteiger partial charge in [-0.1, -0.05) is 36.4 Å². The van der Waals surface area contributed by atoms with Gasteiger partial charge in [-0.2, -0.15) is 0 Å². The van der Waals surface area contributed by atoms with Crippen LogP contribution in [0.4, 0.5) is 0 Å². The van der Waals surface area contributed by atoms with Gasteiger partial charge in [0.2, 0.25) is 12.7 Å². The Balaban J connectivity index is 1.41. The summed E-state index contributed by atoms with van der Waals surface area (Å²) in [5.41, 5.74) is 1.01. The van der Waals surface area contributed by atoms with E-state index in [1.165, 1.54) is 0 Å². The summed E-state index contributed by atoms with van der Waals surface area (Å²) in [6, 6.07) is 15.4. The van der Waals surface area contributed by atoms with Gasteiger partial charge < -0.3 is 24.4 Å². The number of aliphatic hydroxyl groups is 1. The number of likely N-dealkylation sites (N-methyl/N-ethyl adjacent to an activating group) is 1. The van der Waals surface area contributed by atoms with Gasteiger partial charge in [0.1, 0.15) is 5.60 Å². The van der Waals surface area contributed by atoms with E-state index >= 15 is 0 Å². The van der Waals surface area contributed by atoms with Crippen molar-refractivity contribution >= 4 is 5.91 Å².